The van der Waals surface area contributed by atoms with E-state index in [-0.39, 0.29) is 25.7 Å². The van der Waals surface area contributed by atoms with Crippen LogP contribution in [0, 0.1) is 5.41 Å². The van der Waals surface area contributed by atoms with E-state index in [1.165, 1.54) is 0 Å². The number of hydrogen-bond acceptors (Lipinski definition) is 1. The lowest BCUT2D eigenvalue weighted by molar-refractivity contribution is -0.0345. The van der Waals surface area contributed by atoms with Gasteiger partial charge in [-0.25, -0.2) is 8.78 Å². The summed E-state index contributed by atoms with van der Waals surface area (Å²) in [5.74, 6) is -2.46. The molecule has 0 bridgehead atoms. The van der Waals surface area contributed by atoms with Crippen LogP contribution in [0.3, 0.4) is 0 Å². The molecular weight excluding hydrogens is 172 g/mol. The van der Waals surface area contributed by atoms with Crippen LogP contribution < -0.4 is 0 Å². The Labute approximate surface area is 80.1 Å². The summed E-state index contributed by atoms with van der Waals surface area (Å²) in [7, 11) is 1.91. The summed E-state index contributed by atoms with van der Waals surface area (Å²) >= 11 is 0. The Morgan fingerprint density at radius 1 is 1.23 bits per heavy atom. The van der Waals surface area contributed by atoms with Crippen molar-refractivity contribution in [1.82, 2.24) is 4.90 Å². The van der Waals surface area contributed by atoms with Crippen molar-refractivity contribution in [1.29, 1.82) is 0 Å². The molecular formula is C10H21F2N. The average Bonchev–Trinajstić information content (AvgIpc) is 1.86. The zero-order valence-corrected chi connectivity index (χ0v) is 8.03. The lowest BCUT2D eigenvalue weighted by Crippen LogP contribution is -2.30. The zero-order valence-electron chi connectivity index (χ0n) is 8.03. The molecule has 0 radical (unpaired) electrons. The summed E-state index contributed by atoms with van der Waals surface area (Å²) < 4.78 is 26.2. The van der Waals surface area contributed by atoms with E-state index in [2.05, 4.69) is 0 Å². The van der Waals surface area contributed by atoms with Crippen molar-refractivity contribution >= 4 is 0 Å². The van der Waals surface area contributed by atoms with E-state index in [0.29, 0.717) is 6.54 Å². The average molecular weight is 193 g/mol. The Kier molecular flexibility index (Phi) is 3.85. The van der Waals surface area contributed by atoms with Gasteiger partial charge in [0, 0.05) is 25.9 Å². The second-order valence-electron chi connectivity index (χ2n) is 4.68. The molecule has 0 saturated carbocycles. The molecule has 0 aromatic heterocycles. The standard InChI is InChI=1S/C9H17F2N.CH4/c1-8(2)6-9(10,11)4-5-12(3)7-8;/h4-7H2,1-3H3;1H4. The fourth-order valence-corrected chi connectivity index (χ4v) is 2.01. The van der Waals surface area contributed by atoms with Crippen LogP contribution in [-0.4, -0.2) is 31.0 Å². The van der Waals surface area contributed by atoms with Crippen LogP contribution in [-0.2, 0) is 0 Å². The molecule has 1 fully saturated rings. The van der Waals surface area contributed by atoms with E-state index in [0.717, 1.165) is 6.54 Å². The molecule has 0 aliphatic carbocycles. The number of nitrogens with zero attached hydrogens (tertiary/aromatic N) is 1. The van der Waals surface area contributed by atoms with Gasteiger partial charge in [-0.05, 0) is 12.5 Å². The highest BCUT2D eigenvalue weighted by atomic mass is 19.3. The number of hydrogen-bond donors (Lipinski definition) is 0. The van der Waals surface area contributed by atoms with Gasteiger partial charge in [0.1, 0.15) is 0 Å². The monoisotopic (exact) mass is 193 g/mol. The highest BCUT2D eigenvalue weighted by molar-refractivity contribution is 4.84. The molecule has 0 aromatic rings. The van der Waals surface area contributed by atoms with Crippen molar-refractivity contribution in [2.75, 3.05) is 20.1 Å². The normalized spacial score (nSPS) is 27.5. The summed E-state index contributed by atoms with van der Waals surface area (Å²) in [6.45, 7) is 5.09. The predicted molar refractivity (Wildman–Crippen MR) is 52.2 cm³/mol. The van der Waals surface area contributed by atoms with Gasteiger partial charge in [-0.1, -0.05) is 21.3 Å². The van der Waals surface area contributed by atoms with E-state index < -0.39 is 5.92 Å². The van der Waals surface area contributed by atoms with Crippen LogP contribution in [0.2, 0.25) is 0 Å². The number of likely N-dealkylation sites (tertiary alicyclic amines) is 1. The van der Waals surface area contributed by atoms with Gasteiger partial charge in [0.15, 0.2) is 0 Å². The van der Waals surface area contributed by atoms with Gasteiger partial charge in [0.25, 0.3) is 0 Å². The molecule has 0 aromatic carbocycles. The van der Waals surface area contributed by atoms with Gasteiger partial charge in [0.05, 0.1) is 0 Å². The number of alkyl halides is 2. The Balaban J connectivity index is 0.00000144. The summed E-state index contributed by atoms with van der Waals surface area (Å²) in [6.07, 6.45) is 0.0251. The van der Waals surface area contributed by atoms with Crippen LogP contribution >= 0.6 is 0 Å². The molecule has 0 N–H and O–H groups in total. The molecule has 3 heteroatoms. The molecule has 13 heavy (non-hydrogen) atoms. The van der Waals surface area contributed by atoms with Gasteiger partial charge in [0.2, 0.25) is 5.92 Å². The molecule has 1 saturated heterocycles. The molecule has 0 amide bonds. The third kappa shape index (κ3) is 4.03. The first-order chi connectivity index (χ1) is 5.31. The van der Waals surface area contributed by atoms with E-state index in [9.17, 15) is 8.78 Å². The van der Waals surface area contributed by atoms with Gasteiger partial charge in [-0.15, -0.1) is 0 Å². The van der Waals surface area contributed by atoms with E-state index in [1.54, 1.807) is 0 Å². The molecule has 0 spiro atoms. The highest BCUT2D eigenvalue weighted by Gasteiger charge is 2.39. The maximum absolute atomic E-state index is 13.1. The van der Waals surface area contributed by atoms with Crippen molar-refractivity contribution < 1.29 is 8.78 Å². The minimum absolute atomic E-state index is 0. The summed E-state index contributed by atoms with van der Waals surface area (Å²) in [5.41, 5.74) is -0.255. The van der Waals surface area contributed by atoms with Crippen molar-refractivity contribution in [2.45, 2.75) is 40.0 Å². The lowest BCUT2D eigenvalue weighted by Gasteiger charge is -2.27. The largest absolute Gasteiger partial charge is 0.306 e. The molecule has 80 valence electrons. The van der Waals surface area contributed by atoms with Crippen molar-refractivity contribution in [3.05, 3.63) is 0 Å². The minimum atomic E-state index is -2.46. The Morgan fingerprint density at radius 2 is 1.77 bits per heavy atom. The van der Waals surface area contributed by atoms with Gasteiger partial charge < -0.3 is 4.90 Å². The Hall–Kier alpha value is -0.180. The third-order valence-electron chi connectivity index (χ3n) is 2.29. The first-order valence-electron chi connectivity index (χ1n) is 4.37. The van der Waals surface area contributed by atoms with Crippen LogP contribution in [0.25, 0.3) is 0 Å². The summed E-state index contributed by atoms with van der Waals surface area (Å²) in [5, 5.41) is 0. The van der Waals surface area contributed by atoms with E-state index in [1.807, 2.05) is 25.8 Å². The summed E-state index contributed by atoms with van der Waals surface area (Å²) in [4.78, 5) is 1.99. The fraction of sp³-hybridized carbons (Fsp3) is 1.00. The molecule has 1 aliphatic rings. The van der Waals surface area contributed by atoms with Crippen LogP contribution in [0.15, 0.2) is 0 Å². The van der Waals surface area contributed by atoms with Crippen LogP contribution in [0.4, 0.5) is 8.78 Å². The molecule has 0 atom stereocenters. The number of rotatable bonds is 0. The van der Waals surface area contributed by atoms with Crippen molar-refractivity contribution in [2.24, 2.45) is 5.41 Å². The first-order valence-corrected chi connectivity index (χ1v) is 4.37. The van der Waals surface area contributed by atoms with Crippen molar-refractivity contribution in [3.63, 3.8) is 0 Å². The zero-order chi connectivity index (χ0) is 9.41. The molecule has 1 heterocycles. The predicted octanol–water partition coefficient (Wildman–Crippen LogP) is 3.01. The van der Waals surface area contributed by atoms with Gasteiger partial charge in [-0.3, -0.25) is 0 Å². The Bertz CT molecular complexity index is 166. The molecule has 0 unspecified atom stereocenters. The molecule has 1 nitrogen and oxygen atoms in total. The molecule has 1 rings (SSSR count). The van der Waals surface area contributed by atoms with Crippen LogP contribution in [0.5, 0.6) is 0 Å². The van der Waals surface area contributed by atoms with E-state index >= 15 is 0 Å². The first kappa shape index (κ1) is 12.8. The van der Waals surface area contributed by atoms with Gasteiger partial charge >= 0.3 is 0 Å². The highest BCUT2D eigenvalue weighted by Crippen LogP contribution is 2.37. The fourth-order valence-electron chi connectivity index (χ4n) is 2.01. The third-order valence-corrected chi connectivity index (χ3v) is 2.29. The maximum Gasteiger partial charge on any atom is 0.249 e. The van der Waals surface area contributed by atoms with Gasteiger partial charge in [-0.2, -0.15) is 0 Å². The molecule has 1 aliphatic heterocycles. The SMILES string of the molecule is C.CN1CCC(F)(F)CC(C)(C)C1. The topological polar surface area (TPSA) is 3.24 Å². The quantitative estimate of drug-likeness (QED) is 0.571. The Morgan fingerprint density at radius 3 is 2.31 bits per heavy atom. The lowest BCUT2D eigenvalue weighted by atomic mass is 9.86. The maximum atomic E-state index is 13.1. The summed E-state index contributed by atoms with van der Waals surface area (Å²) in [6, 6.07) is 0. The van der Waals surface area contributed by atoms with Crippen molar-refractivity contribution in [3.8, 4) is 0 Å². The second kappa shape index (κ2) is 3.91. The van der Waals surface area contributed by atoms with E-state index in [4.69, 9.17) is 0 Å². The van der Waals surface area contributed by atoms with Crippen LogP contribution in [0.1, 0.15) is 34.1 Å². The second-order valence-corrected chi connectivity index (χ2v) is 4.68. The minimum Gasteiger partial charge on any atom is -0.306 e. The number of halogens is 2. The smallest absolute Gasteiger partial charge is 0.249 e.